The van der Waals surface area contributed by atoms with Gasteiger partial charge in [-0.15, -0.1) is 0 Å². The van der Waals surface area contributed by atoms with Crippen LogP contribution < -0.4 is 5.73 Å². The van der Waals surface area contributed by atoms with Crippen LogP contribution in [-0.4, -0.2) is 39.4 Å². The summed E-state index contributed by atoms with van der Waals surface area (Å²) < 4.78 is 7.75. The second-order valence-corrected chi connectivity index (χ2v) is 6.88. The molecule has 1 spiro atoms. The number of primary amides is 1. The molecule has 1 aromatic rings. The Morgan fingerprint density at radius 2 is 2.27 bits per heavy atom. The summed E-state index contributed by atoms with van der Waals surface area (Å²) in [5.41, 5.74) is 6.78. The summed E-state index contributed by atoms with van der Waals surface area (Å²) in [6, 6.07) is -0.273. The fourth-order valence-corrected chi connectivity index (χ4v) is 4.31. The monoisotopic (exact) mass is 304 g/mol. The lowest BCUT2D eigenvalue weighted by Crippen LogP contribution is -2.49. The van der Waals surface area contributed by atoms with E-state index in [-0.39, 0.29) is 17.8 Å². The highest BCUT2D eigenvalue weighted by atomic mass is 16.5. The molecule has 2 amide bonds. The van der Waals surface area contributed by atoms with Crippen molar-refractivity contribution in [1.82, 2.24) is 14.7 Å². The molecule has 6 nitrogen and oxygen atoms in total. The van der Waals surface area contributed by atoms with E-state index in [4.69, 9.17) is 10.5 Å². The van der Waals surface area contributed by atoms with Gasteiger partial charge in [0.2, 0.25) is 0 Å². The Hall–Kier alpha value is -1.56. The predicted octanol–water partition coefficient (Wildman–Crippen LogP) is 2.37. The van der Waals surface area contributed by atoms with Gasteiger partial charge in [-0.05, 0) is 50.5 Å². The smallest absolute Gasteiger partial charge is 0.315 e. The van der Waals surface area contributed by atoms with E-state index in [9.17, 15) is 4.79 Å². The van der Waals surface area contributed by atoms with Crippen molar-refractivity contribution in [3.05, 3.63) is 18.0 Å². The quantitative estimate of drug-likeness (QED) is 0.911. The van der Waals surface area contributed by atoms with Crippen LogP contribution in [-0.2, 0) is 4.74 Å². The molecule has 3 unspecified atom stereocenters. The van der Waals surface area contributed by atoms with Crippen LogP contribution in [0.4, 0.5) is 4.79 Å². The van der Waals surface area contributed by atoms with Crippen LogP contribution in [0, 0.1) is 0 Å². The van der Waals surface area contributed by atoms with Gasteiger partial charge in [-0.25, -0.2) is 9.48 Å². The Labute approximate surface area is 130 Å². The number of piperidine rings is 1. The third-order valence-electron chi connectivity index (χ3n) is 5.57. The number of nitrogens with zero attached hydrogens (tertiary/aromatic N) is 3. The van der Waals surface area contributed by atoms with Crippen molar-refractivity contribution in [3.63, 3.8) is 0 Å². The molecule has 1 aromatic heterocycles. The molecule has 2 aliphatic heterocycles. The molecule has 120 valence electrons. The zero-order chi connectivity index (χ0) is 15.2. The molecule has 6 heteroatoms. The second-order valence-electron chi connectivity index (χ2n) is 6.88. The number of hydrogen-bond donors (Lipinski definition) is 1. The number of hydrogen-bond acceptors (Lipinski definition) is 3. The lowest BCUT2D eigenvalue weighted by molar-refractivity contribution is -0.0395. The minimum absolute atomic E-state index is 0.0363. The zero-order valence-corrected chi connectivity index (χ0v) is 12.9. The molecular weight excluding hydrogens is 280 g/mol. The minimum atomic E-state index is -0.273. The number of urea groups is 1. The van der Waals surface area contributed by atoms with Gasteiger partial charge in [-0.1, -0.05) is 0 Å². The van der Waals surface area contributed by atoms with Crippen molar-refractivity contribution in [1.29, 1.82) is 0 Å². The molecule has 1 saturated carbocycles. The first-order chi connectivity index (χ1) is 10.7. The second kappa shape index (κ2) is 5.26. The average Bonchev–Trinajstić information content (AvgIpc) is 3.03. The Morgan fingerprint density at radius 1 is 1.36 bits per heavy atom. The third kappa shape index (κ3) is 2.20. The topological polar surface area (TPSA) is 73.4 Å². The van der Waals surface area contributed by atoms with Crippen LogP contribution in [0.3, 0.4) is 0 Å². The Bertz CT molecular complexity index is 566. The summed E-state index contributed by atoms with van der Waals surface area (Å²) >= 11 is 0. The summed E-state index contributed by atoms with van der Waals surface area (Å²) in [5, 5.41) is 4.51. The maximum absolute atomic E-state index is 11.7. The Kier molecular flexibility index (Phi) is 3.36. The summed E-state index contributed by atoms with van der Waals surface area (Å²) in [6.45, 7) is 1.62. The molecule has 3 fully saturated rings. The highest BCUT2D eigenvalue weighted by Gasteiger charge is 2.60. The van der Waals surface area contributed by atoms with E-state index in [1.165, 1.54) is 18.4 Å². The fourth-order valence-electron chi connectivity index (χ4n) is 4.31. The number of carbonyl (C=O) groups excluding carboxylic acids is 1. The molecule has 3 atom stereocenters. The Morgan fingerprint density at radius 3 is 3.05 bits per heavy atom. The number of aromatic nitrogens is 2. The number of carbonyl (C=O) groups is 1. The number of likely N-dealkylation sites (tertiary alicyclic amines) is 1. The van der Waals surface area contributed by atoms with Gasteiger partial charge in [0.25, 0.3) is 0 Å². The van der Waals surface area contributed by atoms with E-state index in [1.54, 1.807) is 0 Å². The fraction of sp³-hybridized carbons (Fsp3) is 0.750. The zero-order valence-electron chi connectivity index (χ0n) is 12.9. The van der Waals surface area contributed by atoms with E-state index in [0.717, 1.165) is 45.3 Å². The van der Waals surface area contributed by atoms with Crippen molar-refractivity contribution >= 4 is 6.03 Å². The van der Waals surface area contributed by atoms with Crippen molar-refractivity contribution in [2.75, 3.05) is 13.2 Å². The van der Waals surface area contributed by atoms with E-state index in [0.29, 0.717) is 5.92 Å². The molecular formula is C16H24N4O2. The van der Waals surface area contributed by atoms with Crippen molar-refractivity contribution in [2.45, 2.75) is 62.6 Å². The first-order valence-electron chi connectivity index (χ1n) is 8.43. The van der Waals surface area contributed by atoms with Gasteiger partial charge >= 0.3 is 6.03 Å². The average molecular weight is 304 g/mol. The summed E-state index contributed by atoms with van der Waals surface area (Å²) in [5.74, 6) is 0.387. The van der Waals surface area contributed by atoms with Crippen molar-refractivity contribution in [3.8, 4) is 0 Å². The van der Waals surface area contributed by atoms with Gasteiger partial charge in [0.05, 0.1) is 11.7 Å². The molecule has 4 rings (SSSR count). The van der Waals surface area contributed by atoms with Gasteiger partial charge in [0.15, 0.2) is 0 Å². The van der Waals surface area contributed by atoms with E-state index in [1.807, 2.05) is 15.8 Å². The van der Waals surface area contributed by atoms with Gasteiger partial charge in [0.1, 0.15) is 6.23 Å². The maximum Gasteiger partial charge on any atom is 0.315 e. The molecule has 0 radical (unpaired) electrons. The molecule has 0 bridgehead atoms. The van der Waals surface area contributed by atoms with Crippen LogP contribution in [0.15, 0.2) is 12.4 Å². The molecule has 3 heterocycles. The maximum atomic E-state index is 11.7. The van der Waals surface area contributed by atoms with Gasteiger partial charge in [-0.2, -0.15) is 5.10 Å². The normalized spacial score (nSPS) is 34.8. The number of rotatable bonds is 2. The van der Waals surface area contributed by atoms with Crippen LogP contribution in [0.5, 0.6) is 0 Å². The summed E-state index contributed by atoms with van der Waals surface area (Å²) in [4.78, 5) is 13.6. The first kappa shape index (κ1) is 14.1. The SMILES string of the molecule is NC(=O)N1CCCCC12CC2c1cnn(C2CCCCO2)c1. The van der Waals surface area contributed by atoms with Gasteiger partial charge < -0.3 is 15.4 Å². The van der Waals surface area contributed by atoms with Crippen molar-refractivity contribution in [2.24, 2.45) is 5.73 Å². The number of amides is 2. The van der Waals surface area contributed by atoms with Crippen LogP contribution in [0.1, 0.15) is 62.7 Å². The number of ether oxygens (including phenoxy) is 1. The standard InChI is InChI=1S/C16H24N4O2/c17-15(21)19-7-3-2-6-16(19)9-13(16)12-10-18-20(11-12)14-5-1-4-8-22-14/h10-11,13-14H,1-9H2,(H2,17,21). The molecule has 2 N–H and O–H groups in total. The Balaban J connectivity index is 1.51. The minimum Gasteiger partial charge on any atom is -0.357 e. The lowest BCUT2D eigenvalue weighted by atomic mass is 9.96. The highest BCUT2D eigenvalue weighted by molar-refractivity contribution is 5.74. The highest BCUT2D eigenvalue weighted by Crippen LogP contribution is 2.59. The molecule has 22 heavy (non-hydrogen) atoms. The summed E-state index contributed by atoms with van der Waals surface area (Å²) in [7, 11) is 0. The van der Waals surface area contributed by atoms with E-state index in [2.05, 4.69) is 11.3 Å². The molecule has 0 aromatic carbocycles. The molecule has 1 aliphatic carbocycles. The van der Waals surface area contributed by atoms with Gasteiger partial charge in [0, 0.05) is 25.3 Å². The largest absolute Gasteiger partial charge is 0.357 e. The van der Waals surface area contributed by atoms with Gasteiger partial charge in [-0.3, -0.25) is 0 Å². The van der Waals surface area contributed by atoms with Crippen LogP contribution in [0.2, 0.25) is 0 Å². The van der Waals surface area contributed by atoms with E-state index < -0.39 is 0 Å². The van der Waals surface area contributed by atoms with Crippen molar-refractivity contribution < 1.29 is 9.53 Å². The lowest BCUT2D eigenvalue weighted by Gasteiger charge is -2.36. The molecule has 2 saturated heterocycles. The predicted molar refractivity (Wildman–Crippen MR) is 81.3 cm³/mol. The number of nitrogens with two attached hydrogens (primary N) is 1. The summed E-state index contributed by atoms with van der Waals surface area (Å²) in [6.07, 6.45) is 11.8. The molecule has 3 aliphatic rings. The van der Waals surface area contributed by atoms with E-state index >= 15 is 0 Å². The van der Waals surface area contributed by atoms with Crippen LogP contribution in [0.25, 0.3) is 0 Å². The van der Waals surface area contributed by atoms with Crippen LogP contribution >= 0.6 is 0 Å². The third-order valence-corrected chi connectivity index (χ3v) is 5.57. The first-order valence-corrected chi connectivity index (χ1v) is 8.43.